The molecule has 0 saturated carbocycles. The minimum absolute atomic E-state index is 0.0523. The van der Waals surface area contributed by atoms with Gasteiger partial charge in [0.15, 0.2) is 0 Å². The Morgan fingerprint density at radius 3 is 2.21 bits per heavy atom. The van der Waals surface area contributed by atoms with Gasteiger partial charge in [0.1, 0.15) is 5.60 Å². The van der Waals surface area contributed by atoms with Crippen LogP contribution in [0.5, 0.6) is 0 Å². The molecule has 0 unspecified atom stereocenters. The van der Waals surface area contributed by atoms with E-state index in [0.717, 1.165) is 25.8 Å². The van der Waals surface area contributed by atoms with Crippen molar-refractivity contribution < 1.29 is 14.3 Å². The molecular formula is C19H34N2O3. The lowest BCUT2D eigenvalue weighted by Gasteiger charge is -2.37. The van der Waals surface area contributed by atoms with E-state index in [9.17, 15) is 9.59 Å². The summed E-state index contributed by atoms with van der Waals surface area (Å²) < 4.78 is 5.43. The van der Waals surface area contributed by atoms with E-state index in [1.165, 1.54) is 12.8 Å². The lowest BCUT2D eigenvalue weighted by Crippen LogP contribution is -2.48. The fourth-order valence-electron chi connectivity index (χ4n) is 3.70. The van der Waals surface area contributed by atoms with Crippen molar-refractivity contribution in [3.63, 3.8) is 0 Å². The van der Waals surface area contributed by atoms with Crippen molar-refractivity contribution >= 4 is 12.0 Å². The molecule has 0 aromatic carbocycles. The number of piperidine rings is 1. The van der Waals surface area contributed by atoms with Gasteiger partial charge in [0, 0.05) is 31.6 Å². The van der Waals surface area contributed by atoms with Crippen LogP contribution in [0.1, 0.15) is 66.7 Å². The summed E-state index contributed by atoms with van der Waals surface area (Å²) in [5.41, 5.74) is -0.471. The van der Waals surface area contributed by atoms with Crippen LogP contribution in [0.3, 0.4) is 0 Å². The third-order valence-electron chi connectivity index (χ3n) is 5.14. The van der Waals surface area contributed by atoms with Gasteiger partial charge in [-0.25, -0.2) is 4.79 Å². The molecule has 2 rings (SSSR count). The van der Waals surface area contributed by atoms with Crippen molar-refractivity contribution in [2.45, 2.75) is 78.4 Å². The van der Waals surface area contributed by atoms with Crippen LogP contribution >= 0.6 is 0 Å². The van der Waals surface area contributed by atoms with Crippen molar-refractivity contribution in [2.75, 3.05) is 19.6 Å². The van der Waals surface area contributed by atoms with Gasteiger partial charge in [-0.1, -0.05) is 13.3 Å². The lowest BCUT2D eigenvalue weighted by molar-refractivity contribution is -0.139. The Labute approximate surface area is 146 Å². The van der Waals surface area contributed by atoms with Crippen molar-refractivity contribution in [1.82, 2.24) is 9.80 Å². The van der Waals surface area contributed by atoms with E-state index < -0.39 is 5.60 Å². The summed E-state index contributed by atoms with van der Waals surface area (Å²) in [7, 11) is 0. The molecular weight excluding hydrogens is 304 g/mol. The Hall–Kier alpha value is -1.26. The topological polar surface area (TPSA) is 49.9 Å². The minimum atomic E-state index is -0.471. The summed E-state index contributed by atoms with van der Waals surface area (Å²) >= 11 is 0. The van der Waals surface area contributed by atoms with Crippen LogP contribution in [-0.2, 0) is 9.53 Å². The standard InChI is InChI=1S/C19H34N2O3/c1-14-7-6-8-15(2)21(13-14)17(22)16-9-11-20(12-10-16)18(23)24-19(3,4)5/h14-16H,6-13H2,1-5H3/t14-,15-/m1/s1. The maximum atomic E-state index is 13.0. The molecule has 2 amide bonds. The minimum Gasteiger partial charge on any atom is -0.444 e. The summed E-state index contributed by atoms with van der Waals surface area (Å²) in [4.78, 5) is 28.9. The third kappa shape index (κ3) is 5.12. The second-order valence-corrected chi connectivity index (χ2v) is 8.62. The van der Waals surface area contributed by atoms with E-state index in [-0.39, 0.29) is 12.0 Å². The van der Waals surface area contributed by atoms with Crippen molar-refractivity contribution in [3.05, 3.63) is 0 Å². The summed E-state index contributed by atoms with van der Waals surface area (Å²) in [5, 5.41) is 0. The third-order valence-corrected chi connectivity index (χ3v) is 5.14. The molecule has 2 heterocycles. The zero-order valence-corrected chi connectivity index (χ0v) is 16.0. The molecule has 24 heavy (non-hydrogen) atoms. The molecule has 0 aromatic rings. The van der Waals surface area contributed by atoms with Crippen molar-refractivity contribution in [2.24, 2.45) is 11.8 Å². The first-order valence-electron chi connectivity index (χ1n) is 9.46. The molecule has 2 saturated heterocycles. The molecule has 0 spiro atoms. The van der Waals surface area contributed by atoms with Gasteiger partial charge in [-0.2, -0.15) is 0 Å². The van der Waals surface area contributed by atoms with Gasteiger partial charge in [0.2, 0.25) is 5.91 Å². The van der Waals surface area contributed by atoms with Crippen LogP contribution in [0.2, 0.25) is 0 Å². The highest BCUT2D eigenvalue weighted by Crippen LogP contribution is 2.26. The highest BCUT2D eigenvalue weighted by molar-refractivity contribution is 5.79. The van der Waals surface area contributed by atoms with Crippen LogP contribution in [0, 0.1) is 11.8 Å². The van der Waals surface area contributed by atoms with Gasteiger partial charge in [0.05, 0.1) is 0 Å². The number of nitrogens with zero attached hydrogens (tertiary/aromatic N) is 2. The molecule has 2 fully saturated rings. The molecule has 0 N–H and O–H groups in total. The largest absolute Gasteiger partial charge is 0.444 e. The fraction of sp³-hybridized carbons (Fsp3) is 0.895. The molecule has 0 aromatic heterocycles. The Morgan fingerprint density at radius 2 is 1.62 bits per heavy atom. The quantitative estimate of drug-likeness (QED) is 0.733. The van der Waals surface area contributed by atoms with Crippen LogP contribution < -0.4 is 0 Å². The van der Waals surface area contributed by atoms with Crippen LogP contribution in [0.4, 0.5) is 4.79 Å². The summed E-state index contributed by atoms with van der Waals surface area (Å²) in [6.45, 7) is 12.2. The molecule has 0 aliphatic carbocycles. The number of ether oxygens (including phenoxy) is 1. The number of carbonyl (C=O) groups is 2. The number of hydrogen-bond donors (Lipinski definition) is 0. The predicted molar refractivity (Wildman–Crippen MR) is 94.7 cm³/mol. The normalized spacial score (nSPS) is 26.9. The van der Waals surface area contributed by atoms with Gasteiger partial charge in [-0.15, -0.1) is 0 Å². The second kappa shape index (κ2) is 7.75. The average Bonchev–Trinajstić information content (AvgIpc) is 2.66. The highest BCUT2D eigenvalue weighted by atomic mass is 16.6. The maximum absolute atomic E-state index is 13.0. The fourth-order valence-corrected chi connectivity index (χ4v) is 3.70. The highest BCUT2D eigenvalue weighted by Gasteiger charge is 2.34. The molecule has 5 nitrogen and oxygen atoms in total. The number of likely N-dealkylation sites (tertiary alicyclic amines) is 2. The van der Waals surface area contributed by atoms with Crippen LogP contribution in [0.15, 0.2) is 0 Å². The van der Waals surface area contributed by atoms with Gasteiger partial charge in [-0.05, 0) is 59.3 Å². The zero-order valence-electron chi connectivity index (χ0n) is 16.0. The van der Waals surface area contributed by atoms with Crippen molar-refractivity contribution in [1.29, 1.82) is 0 Å². The van der Waals surface area contributed by atoms with Crippen molar-refractivity contribution in [3.8, 4) is 0 Å². The zero-order chi connectivity index (χ0) is 17.9. The number of rotatable bonds is 1. The van der Waals surface area contributed by atoms with E-state index in [0.29, 0.717) is 31.0 Å². The summed E-state index contributed by atoms with van der Waals surface area (Å²) in [5.74, 6) is 0.928. The van der Waals surface area contributed by atoms with Crippen LogP contribution in [-0.4, -0.2) is 53.1 Å². The molecule has 2 aliphatic heterocycles. The number of amides is 2. The van der Waals surface area contributed by atoms with E-state index >= 15 is 0 Å². The smallest absolute Gasteiger partial charge is 0.410 e. The first-order valence-corrected chi connectivity index (χ1v) is 9.46. The lowest BCUT2D eigenvalue weighted by atomic mass is 9.94. The summed E-state index contributed by atoms with van der Waals surface area (Å²) in [6, 6.07) is 0.339. The first kappa shape index (κ1) is 19.1. The van der Waals surface area contributed by atoms with Gasteiger partial charge >= 0.3 is 6.09 Å². The van der Waals surface area contributed by atoms with E-state index in [1.54, 1.807) is 4.90 Å². The average molecular weight is 338 g/mol. The van der Waals surface area contributed by atoms with Gasteiger partial charge in [0.25, 0.3) is 0 Å². The SMILES string of the molecule is C[C@@H]1CCC[C@@H](C)N(C(=O)C2CCN(C(=O)OC(C)(C)C)CC2)C1. The van der Waals surface area contributed by atoms with Gasteiger partial charge < -0.3 is 14.5 Å². The Kier molecular flexibility index (Phi) is 6.16. The molecule has 5 heteroatoms. The van der Waals surface area contributed by atoms with E-state index in [4.69, 9.17) is 4.74 Å². The maximum Gasteiger partial charge on any atom is 0.410 e. The summed E-state index contributed by atoms with van der Waals surface area (Å²) in [6.07, 6.45) is 4.76. The van der Waals surface area contributed by atoms with E-state index in [1.807, 2.05) is 20.8 Å². The molecule has 2 aliphatic rings. The second-order valence-electron chi connectivity index (χ2n) is 8.62. The molecule has 0 radical (unpaired) electrons. The first-order chi connectivity index (χ1) is 11.2. The Balaban J connectivity index is 1.89. The Morgan fingerprint density at radius 1 is 1.00 bits per heavy atom. The molecule has 138 valence electrons. The molecule has 0 bridgehead atoms. The van der Waals surface area contributed by atoms with E-state index in [2.05, 4.69) is 18.7 Å². The van der Waals surface area contributed by atoms with Crippen LogP contribution in [0.25, 0.3) is 0 Å². The number of carbonyl (C=O) groups excluding carboxylic acids is 2. The monoisotopic (exact) mass is 338 g/mol. The molecule has 2 atom stereocenters. The Bertz CT molecular complexity index is 450. The predicted octanol–water partition coefficient (Wildman–Crippen LogP) is 3.67. The van der Waals surface area contributed by atoms with Gasteiger partial charge in [-0.3, -0.25) is 4.79 Å². The number of hydrogen-bond acceptors (Lipinski definition) is 3.